The average Bonchev–Trinajstić information content (AvgIpc) is 3.00. The quantitative estimate of drug-likeness (QED) is 0.651. The lowest BCUT2D eigenvalue weighted by Gasteiger charge is -2.17. The van der Waals surface area contributed by atoms with Crippen LogP contribution in [0, 0.1) is 0 Å². The lowest BCUT2D eigenvalue weighted by Crippen LogP contribution is -2.32. The van der Waals surface area contributed by atoms with E-state index in [1.807, 2.05) is 54.9 Å². The Hall–Kier alpha value is -2.53. The molecule has 0 atom stereocenters. The van der Waals surface area contributed by atoms with Crippen LogP contribution in [0.5, 0.6) is 11.5 Å². The summed E-state index contributed by atoms with van der Waals surface area (Å²) in [6.07, 6.45) is 1.92. The van der Waals surface area contributed by atoms with E-state index < -0.39 is 0 Å². The van der Waals surface area contributed by atoms with Crippen molar-refractivity contribution in [3.05, 3.63) is 54.1 Å². The standard InChI is InChI=1S/C16H15N2O3/c19-11-18(14-4-2-1-3-5-14)10-17-9-13-6-7-15-16(8-13)21-12-20-15/h1-8,17H,9-10,12H2. The Morgan fingerprint density at radius 3 is 2.71 bits per heavy atom. The van der Waals surface area contributed by atoms with E-state index in [-0.39, 0.29) is 6.79 Å². The number of carbonyl (C=O) groups excluding carboxylic acids is 1. The van der Waals surface area contributed by atoms with E-state index in [9.17, 15) is 4.79 Å². The molecule has 1 heterocycles. The Balaban J connectivity index is 1.57. The number of rotatable bonds is 6. The summed E-state index contributed by atoms with van der Waals surface area (Å²) in [5.41, 5.74) is 1.88. The molecule has 107 valence electrons. The zero-order chi connectivity index (χ0) is 14.5. The van der Waals surface area contributed by atoms with E-state index in [1.54, 1.807) is 0 Å². The van der Waals surface area contributed by atoms with Gasteiger partial charge in [-0.25, -0.2) is 0 Å². The molecule has 1 amide bonds. The highest BCUT2D eigenvalue weighted by Crippen LogP contribution is 2.32. The second-order valence-corrected chi connectivity index (χ2v) is 4.63. The maximum atomic E-state index is 11.0. The molecule has 1 N–H and O–H groups in total. The fourth-order valence-electron chi connectivity index (χ4n) is 2.15. The molecule has 3 rings (SSSR count). The molecular formula is C16H15N2O3. The van der Waals surface area contributed by atoms with Crippen LogP contribution in [0.2, 0.25) is 0 Å². The molecule has 0 unspecified atom stereocenters. The average molecular weight is 283 g/mol. The highest BCUT2D eigenvalue weighted by atomic mass is 16.7. The molecule has 5 heteroatoms. The van der Waals surface area contributed by atoms with Crippen molar-refractivity contribution in [1.82, 2.24) is 5.32 Å². The van der Waals surface area contributed by atoms with Crippen molar-refractivity contribution in [3.8, 4) is 11.5 Å². The van der Waals surface area contributed by atoms with Crippen LogP contribution in [0.1, 0.15) is 5.56 Å². The third-order valence-corrected chi connectivity index (χ3v) is 3.21. The van der Waals surface area contributed by atoms with E-state index in [1.165, 1.54) is 4.90 Å². The van der Waals surface area contributed by atoms with E-state index >= 15 is 0 Å². The molecule has 2 aromatic rings. The maximum Gasteiger partial charge on any atom is 0.318 e. The van der Waals surface area contributed by atoms with Gasteiger partial charge in [0.1, 0.15) is 0 Å². The Kier molecular flexibility index (Phi) is 4.02. The number of fused-ring (bicyclic) bond motifs is 1. The number of nitrogens with one attached hydrogen (secondary N) is 1. The zero-order valence-corrected chi connectivity index (χ0v) is 11.4. The lowest BCUT2D eigenvalue weighted by molar-refractivity contribution is 0.174. The van der Waals surface area contributed by atoms with Crippen LogP contribution in [0.25, 0.3) is 0 Å². The second kappa shape index (κ2) is 6.28. The van der Waals surface area contributed by atoms with Crippen LogP contribution >= 0.6 is 0 Å². The van der Waals surface area contributed by atoms with E-state index in [0.29, 0.717) is 13.2 Å². The third-order valence-electron chi connectivity index (χ3n) is 3.21. The van der Waals surface area contributed by atoms with E-state index in [2.05, 4.69) is 5.32 Å². The molecule has 1 radical (unpaired) electrons. The van der Waals surface area contributed by atoms with Gasteiger partial charge in [-0.15, -0.1) is 0 Å². The van der Waals surface area contributed by atoms with Crippen molar-refractivity contribution in [2.24, 2.45) is 0 Å². The van der Waals surface area contributed by atoms with Gasteiger partial charge in [-0.1, -0.05) is 24.3 Å². The minimum atomic E-state index is 0.272. The highest BCUT2D eigenvalue weighted by Gasteiger charge is 2.13. The fourth-order valence-corrected chi connectivity index (χ4v) is 2.15. The summed E-state index contributed by atoms with van der Waals surface area (Å²) >= 11 is 0. The van der Waals surface area contributed by atoms with Gasteiger partial charge in [0.25, 0.3) is 0 Å². The van der Waals surface area contributed by atoms with Crippen molar-refractivity contribution in [3.63, 3.8) is 0 Å². The molecule has 1 aliphatic rings. The van der Waals surface area contributed by atoms with Gasteiger partial charge in [0, 0.05) is 12.2 Å². The molecule has 21 heavy (non-hydrogen) atoms. The van der Waals surface area contributed by atoms with Crippen molar-refractivity contribution in [2.75, 3.05) is 18.4 Å². The number of amides is 1. The van der Waals surface area contributed by atoms with Gasteiger partial charge >= 0.3 is 6.41 Å². The highest BCUT2D eigenvalue weighted by molar-refractivity contribution is 5.75. The van der Waals surface area contributed by atoms with Crippen LogP contribution in [-0.4, -0.2) is 19.9 Å². The van der Waals surface area contributed by atoms with Crippen molar-refractivity contribution >= 4 is 12.1 Å². The molecular weight excluding hydrogens is 268 g/mol. The zero-order valence-electron chi connectivity index (χ0n) is 11.4. The Morgan fingerprint density at radius 1 is 1.10 bits per heavy atom. The first-order valence-corrected chi connectivity index (χ1v) is 6.66. The van der Waals surface area contributed by atoms with Gasteiger partial charge in [0.05, 0.1) is 6.67 Å². The van der Waals surface area contributed by atoms with Gasteiger partial charge in [0.2, 0.25) is 6.79 Å². The predicted octanol–water partition coefficient (Wildman–Crippen LogP) is 2.04. The van der Waals surface area contributed by atoms with Gasteiger partial charge in [-0.05, 0) is 29.8 Å². The number of nitrogens with zero attached hydrogens (tertiary/aromatic N) is 1. The first-order valence-electron chi connectivity index (χ1n) is 6.66. The monoisotopic (exact) mass is 283 g/mol. The summed E-state index contributed by atoms with van der Waals surface area (Å²) in [6.45, 7) is 1.29. The maximum absolute atomic E-state index is 11.0. The smallest absolute Gasteiger partial charge is 0.318 e. The summed E-state index contributed by atoms with van der Waals surface area (Å²) in [7, 11) is 0. The first kappa shape index (κ1) is 13.5. The van der Waals surface area contributed by atoms with Crippen molar-refractivity contribution < 1.29 is 14.3 Å². The molecule has 0 spiro atoms. The van der Waals surface area contributed by atoms with Crippen LogP contribution < -0.4 is 19.7 Å². The first-order chi connectivity index (χ1) is 10.4. The minimum absolute atomic E-state index is 0.272. The van der Waals surface area contributed by atoms with E-state index in [0.717, 1.165) is 22.7 Å². The number of anilines is 1. The number of benzene rings is 2. The van der Waals surface area contributed by atoms with Crippen LogP contribution in [0.4, 0.5) is 5.69 Å². The summed E-state index contributed by atoms with van der Waals surface area (Å²) in [4.78, 5) is 12.5. The second-order valence-electron chi connectivity index (χ2n) is 4.63. The molecule has 0 saturated carbocycles. The van der Waals surface area contributed by atoms with Gasteiger partial charge in [0.15, 0.2) is 11.5 Å². The molecule has 2 aromatic carbocycles. The van der Waals surface area contributed by atoms with Crippen molar-refractivity contribution in [2.45, 2.75) is 6.54 Å². The molecule has 0 saturated heterocycles. The summed E-state index contributed by atoms with van der Waals surface area (Å²) in [5.74, 6) is 1.53. The molecule has 0 fully saturated rings. The fraction of sp³-hybridized carbons (Fsp3) is 0.188. The van der Waals surface area contributed by atoms with Crippen LogP contribution in [0.3, 0.4) is 0 Å². The lowest BCUT2D eigenvalue weighted by atomic mass is 10.2. The Labute approximate surface area is 123 Å². The number of para-hydroxylation sites is 1. The molecule has 5 nitrogen and oxygen atoms in total. The molecule has 0 bridgehead atoms. The number of ether oxygens (including phenoxy) is 2. The van der Waals surface area contributed by atoms with Gasteiger partial charge < -0.3 is 9.47 Å². The summed E-state index contributed by atoms with van der Waals surface area (Å²) in [5, 5.41) is 3.21. The summed E-state index contributed by atoms with van der Waals surface area (Å²) < 4.78 is 10.6. The normalized spacial score (nSPS) is 12.2. The van der Waals surface area contributed by atoms with Crippen LogP contribution in [-0.2, 0) is 11.3 Å². The number of hydrogen-bond donors (Lipinski definition) is 1. The number of hydrogen-bond acceptors (Lipinski definition) is 4. The minimum Gasteiger partial charge on any atom is -0.454 e. The summed E-state index contributed by atoms with van der Waals surface area (Å²) in [6, 6.07) is 15.2. The topological polar surface area (TPSA) is 50.8 Å². The predicted molar refractivity (Wildman–Crippen MR) is 78.9 cm³/mol. The molecule has 1 aliphatic heterocycles. The third kappa shape index (κ3) is 3.14. The molecule has 0 aromatic heterocycles. The Morgan fingerprint density at radius 2 is 1.90 bits per heavy atom. The largest absolute Gasteiger partial charge is 0.454 e. The van der Waals surface area contributed by atoms with Gasteiger partial charge in [-0.3, -0.25) is 15.0 Å². The molecule has 0 aliphatic carbocycles. The van der Waals surface area contributed by atoms with Gasteiger partial charge in [-0.2, -0.15) is 0 Å². The SMILES string of the molecule is O=[C]N(CNCc1ccc2c(c1)OCO2)c1ccccc1. The Bertz CT molecular complexity index is 616. The van der Waals surface area contributed by atoms with E-state index in [4.69, 9.17) is 9.47 Å². The van der Waals surface area contributed by atoms with Crippen molar-refractivity contribution in [1.29, 1.82) is 0 Å². The van der Waals surface area contributed by atoms with Crippen LogP contribution in [0.15, 0.2) is 48.5 Å².